The van der Waals surface area contributed by atoms with E-state index in [1.165, 1.54) is 82.9 Å². The Morgan fingerprint density at radius 3 is 2.09 bits per heavy atom. The first-order valence-electron chi connectivity index (χ1n) is 19.5. The van der Waals surface area contributed by atoms with Crippen LogP contribution in [0.25, 0.3) is 78.0 Å². The Morgan fingerprint density at radius 1 is 0.582 bits per heavy atom. The number of para-hydroxylation sites is 2. The predicted octanol–water partition coefficient (Wildman–Crippen LogP) is 13.9. The maximum Gasteiger partial charge on any atom is 0.105 e. The van der Waals surface area contributed by atoms with Gasteiger partial charge in [0.2, 0.25) is 0 Å². The Hall–Kier alpha value is -6.56. The van der Waals surface area contributed by atoms with E-state index >= 15 is 0 Å². The maximum atomic E-state index is 3.57. The van der Waals surface area contributed by atoms with Crippen LogP contribution in [-0.4, -0.2) is 9.13 Å². The fourth-order valence-electron chi connectivity index (χ4n) is 8.59. The SMILES string of the molecule is CC(C)(C)c1ccc(-c2cccc(-n3c4ccccc4c4cc(-c5ccc6c(c5)c5c(n6-c6ccccc6C6=CC=CCC6)C#CCC=C5)ccc43)c2)cc1. The van der Waals surface area contributed by atoms with Gasteiger partial charge < -0.3 is 9.13 Å². The van der Waals surface area contributed by atoms with E-state index < -0.39 is 0 Å². The molecule has 0 saturated carbocycles. The number of hydrogen-bond acceptors (Lipinski definition) is 0. The van der Waals surface area contributed by atoms with Crippen molar-refractivity contribution in [2.75, 3.05) is 0 Å². The highest BCUT2D eigenvalue weighted by Crippen LogP contribution is 2.40. The predicted molar refractivity (Wildman–Crippen MR) is 234 cm³/mol. The molecule has 10 rings (SSSR count). The van der Waals surface area contributed by atoms with Gasteiger partial charge in [0.25, 0.3) is 0 Å². The molecule has 0 aliphatic heterocycles. The second-order valence-corrected chi connectivity index (χ2v) is 15.9. The van der Waals surface area contributed by atoms with Crippen LogP contribution in [0.5, 0.6) is 0 Å². The van der Waals surface area contributed by atoms with Crippen LogP contribution in [0.2, 0.25) is 0 Å². The van der Waals surface area contributed by atoms with Crippen molar-refractivity contribution in [3.8, 4) is 45.5 Å². The quantitative estimate of drug-likeness (QED) is 0.158. The molecule has 2 aromatic heterocycles. The molecular weight excluding hydrogens is 665 g/mol. The summed E-state index contributed by atoms with van der Waals surface area (Å²) in [6.45, 7) is 6.80. The average molecular weight is 707 g/mol. The standard InChI is InChI=1S/C53H42N2/c1-53(2,3)41-29-25-36(26-30-41)38-17-14-18-42(33-38)54-49-24-13-11-21-44(49)46-34-39(27-31-51(46)54)40-28-32-52-47(35-40)45-20-8-5-9-22-50(45)55(52)48-23-12-10-19-43(48)37-15-6-4-7-16-37/h4,6,8,10-15,17-21,23-35H,5,7,16H2,1-3H3. The van der Waals surface area contributed by atoms with Crippen molar-refractivity contribution >= 4 is 44.4 Å². The Labute approximate surface area is 323 Å². The Bertz CT molecular complexity index is 2970. The zero-order valence-electron chi connectivity index (χ0n) is 31.6. The van der Waals surface area contributed by atoms with Gasteiger partial charge in [-0.05, 0) is 106 Å². The molecular formula is C53H42N2. The molecule has 264 valence electrons. The van der Waals surface area contributed by atoms with Crippen LogP contribution in [0.15, 0.2) is 158 Å². The lowest BCUT2D eigenvalue weighted by Crippen LogP contribution is -2.10. The highest BCUT2D eigenvalue weighted by molar-refractivity contribution is 6.11. The van der Waals surface area contributed by atoms with Gasteiger partial charge in [0.05, 0.1) is 22.2 Å². The number of allylic oxidation sites excluding steroid dienone is 5. The first kappa shape index (κ1) is 33.0. The number of benzene rings is 6. The minimum absolute atomic E-state index is 0.125. The van der Waals surface area contributed by atoms with Crippen LogP contribution in [0.1, 0.15) is 62.4 Å². The van der Waals surface area contributed by atoms with Crippen molar-refractivity contribution < 1.29 is 0 Å². The summed E-state index contributed by atoms with van der Waals surface area (Å²) in [5.74, 6) is 6.98. The molecule has 0 atom stereocenters. The molecule has 2 aliphatic carbocycles. The Kier molecular flexibility index (Phi) is 7.86. The third-order valence-corrected chi connectivity index (χ3v) is 11.4. The summed E-state index contributed by atoms with van der Waals surface area (Å²) in [6.07, 6.45) is 14.0. The first-order valence-corrected chi connectivity index (χ1v) is 19.5. The van der Waals surface area contributed by atoms with E-state index in [-0.39, 0.29) is 5.41 Å². The van der Waals surface area contributed by atoms with Gasteiger partial charge in [0, 0.05) is 39.4 Å². The highest BCUT2D eigenvalue weighted by Gasteiger charge is 2.21. The van der Waals surface area contributed by atoms with Crippen molar-refractivity contribution in [3.63, 3.8) is 0 Å². The molecule has 0 amide bonds. The molecule has 2 heterocycles. The van der Waals surface area contributed by atoms with Crippen molar-refractivity contribution in [1.82, 2.24) is 9.13 Å². The lowest BCUT2D eigenvalue weighted by atomic mass is 9.86. The fourth-order valence-corrected chi connectivity index (χ4v) is 8.59. The van der Waals surface area contributed by atoms with Crippen molar-refractivity contribution in [2.24, 2.45) is 0 Å². The summed E-state index contributed by atoms with van der Waals surface area (Å²) in [5, 5.41) is 3.73. The molecule has 55 heavy (non-hydrogen) atoms. The van der Waals surface area contributed by atoms with Gasteiger partial charge in [-0.25, -0.2) is 0 Å². The van der Waals surface area contributed by atoms with Crippen LogP contribution >= 0.6 is 0 Å². The number of hydrogen-bond donors (Lipinski definition) is 0. The lowest BCUT2D eigenvalue weighted by Gasteiger charge is -2.19. The van der Waals surface area contributed by atoms with E-state index in [4.69, 9.17) is 0 Å². The number of aromatic nitrogens is 2. The first-order chi connectivity index (χ1) is 26.9. The molecule has 2 aliphatic rings. The van der Waals surface area contributed by atoms with E-state index in [1.807, 2.05) is 0 Å². The van der Waals surface area contributed by atoms with Crippen LogP contribution in [0.4, 0.5) is 0 Å². The Balaban J connectivity index is 1.10. The van der Waals surface area contributed by atoms with E-state index in [0.29, 0.717) is 0 Å². The number of fused-ring (bicyclic) bond motifs is 6. The molecule has 2 nitrogen and oxygen atoms in total. The van der Waals surface area contributed by atoms with Crippen LogP contribution in [0, 0.1) is 11.8 Å². The molecule has 0 N–H and O–H groups in total. The lowest BCUT2D eigenvalue weighted by molar-refractivity contribution is 0.590. The summed E-state index contributed by atoms with van der Waals surface area (Å²) in [5.41, 5.74) is 17.2. The van der Waals surface area contributed by atoms with Gasteiger partial charge in [-0.2, -0.15) is 0 Å². The number of rotatable bonds is 5. The number of nitrogens with zero attached hydrogens (tertiary/aromatic N) is 2. The second kappa shape index (κ2) is 13.1. The molecule has 0 bridgehead atoms. The fraction of sp³-hybridized carbons (Fsp3) is 0.132. The van der Waals surface area contributed by atoms with Crippen molar-refractivity contribution in [3.05, 3.63) is 180 Å². The topological polar surface area (TPSA) is 9.86 Å². The smallest absolute Gasteiger partial charge is 0.105 e. The molecule has 0 unspecified atom stereocenters. The zero-order valence-corrected chi connectivity index (χ0v) is 31.6. The van der Waals surface area contributed by atoms with Gasteiger partial charge in [-0.3, -0.25) is 0 Å². The largest absolute Gasteiger partial charge is 0.309 e. The molecule has 8 aromatic rings. The summed E-state index contributed by atoms with van der Waals surface area (Å²) < 4.78 is 4.82. The van der Waals surface area contributed by atoms with Crippen LogP contribution in [-0.2, 0) is 5.41 Å². The van der Waals surface area contributed by atoms with Gasteiger partial charge >= 0.3 is 0 Å². The minimum Gasteiger partial charge on any atom is -0.309 e. The average Bonchev–Trinajstić information content (AvgIpc) is 3.59. The molecule has 0 radical (unpaired) electrons. The maximum absolute atomic E-state index is 3.57. The minimum atomic E-state index is 0.125. The van der Waals surface area contributed by atoms with E-state index in [2.05, 4.69) is 206 Å². The van der Waals surface area contributed by atoms with Gasteiger partial charge in [0.1, 0.15) is 5.69 Å². The third kappa shape index (κ3) is 5.67. The third-order valence-electron chi connectivity index (χ3n) is 11.4. The molecule has 0 saturated heterocycles. The highest BCUT2D eigenvalue weighted by atomic mass is 15.0. The molecule has 2 heteroatoms. The normalized spacial score (nSPS) is 13.8. The summed E-state index contributed by atoms with van der Waals surface area (Å²) in [6, 6.07) is 49.6. The van der Waals surface area contributed by atoms with Crippen LogP contribution in [0.3, 0.4) is 0 Å². The van der Waals surface area contributed by atoms with Crippen molar-refractivity contribution in [1.29, 1.82) is 0 Å². The zero-order chi connectivity index (χ0) is 37.1. The van der Waals surface area contributed by atoms with Crippen LogP contribution < -0.4 is 0 Å². The molecule has 0 spiro atoms. The van der Waals surface area contributed by atoms with Gasteiger partial charge in [-0.1, -0.05) is 142 Å². The summed E-state index contributed by atoms with van der Waals surface area (Å²) in [4.78, 5) is 0. The van der Waals surface area contributed by atoms with E-state index in [1.54, 1.807) is 0 Å². The monoisotopic (exact) mass is 706 g/mol. The summed E-state index contributed by atoms with van der Waals surface area (Å²) >= 11 is 0. The van der Waals surface area contributed by atoms with Gasteiger partial charge in [-0.15, -0.1) is 0 Å². The Morgan fingerprint density at radius 2 is 1.29 bits per heavy atom. The van der Waals surface area contributed by atoms with E-state index in [0.717, 1.165) is 30.6 Å². The second-order valence-electron chi connectivity index (χ2n) is 15.9. The van der Waals surface area contributed by atoms with E-state index in [9.17, 15) is 0 Å². The van der Waals surface area contributed by atoms with Gasteiger partial charge in [0.15, 0.2) is 0 Å². The summed E-state index contributed by atoms with van der Waals surface area (Å²) in [7, 11) is 0. The molecule has 0 fully saturated rings. The molecule has 6 aromatic carbocycles. The van der Waals surface area contributed by atoms with Crippen molar-refractivity contribution in [2.45, 2.75) is 45.4 Å².